The van der Waals surface area contributed by atoms with Crippen LogP contribution in [0, 0.1) is 5.92 Å². The Morgan fingerprint density at radius 2 is 1.93 bits per heavy atom. The number of halogens is 3. The second-order valence-corrected chi connectivity index (χ2v) is 6.01. The van der Waals surface area contributed by atoms with Gasteiger partial charge in [-0.3, -0.25) is 4.90 Å². The lowest BCUT2D eigenvalue weighted by molar-refractivity contribution is -0.119. The zero-order chi connectivity index (χ0) is 11.3. The van der Waals surface area contributed by atoms with Crippen molar-refractivity contribution in [2.45, 2.75) is 49.9 Å². The van der Waals surface area contributed by atoms with Gasteiger partial charge in [0.05, 0.1) is 5.38 Å². The first-order valence-corrected chi connectivity index (χ1v) is 6.02. The molecule has 0 radical (unpaired) electrons. The Balaban J connectivity index is 1.86. The molecule has 0 N–H and O–H groups in total. The molecule has 2 rings (SSSR count). The van der Waals surface area contributed by atoms with E-state index in [4.69, 9.17) is 11.6 Å². The first-order chi connectivity index (χ1) is 6.81. The average Bonchev–Trinajstić information content (AvgIpc) is 2.28. The molecule has 1 saturated heterocycles. The molecule has 1 aliphatic heterocycles. The molecular weight excluding hydrogens is 220 g/mol. The molecule has 0 spiro atoms. The van der Waals surface area contributed by atoms with Gasteiger partial charge in [-0.25, -0.2) is 8.78 Å². The molecule has 1 nitrogen and oxygen atoms in total. The summed E-state index contributed by atoms with van der Waals surface area (Å²) in [5.41, 5.74) is -0.0353. The van der Waals surface area contributed by atoms with Crippen LogP contribution >= 0.6 is 11.6 Å². The van der Waals surface area contributed by atoms with Crippen molar-refractivity contribution in [3.63, 3.8) is 0 Å². The average molecular weight is 238 g/mol. The Morgan fingerprint density at radius 3 is 2.33 bits per heavy atom. The van der Waals surface area contributed by atoms with Crippen LogP contribution in [0.5, 0.6) is 0 Å². The van der Waals surface area contributed by atoms with E-state index >= 15 is 0 Å². The number of likely N-dealkylation sites (tertiary alicyclic amines) is 1. The van der Waals surface area contributed by atoms with Crippen LogP contribution in [0.4, 0.5) is 8.78 Å². The van der Waals surface area contributed by atoms with Gasteiger partial charge in [0.25, 0.3) is 0 Å². The third-order valence-electron chi connectivity index (χ3n) is 3.89. The molecule has 1 unspecified atom stereocenters. The number of hydrogen-bond acceptors (Lipinski definition) is 1. The third kappa shape index (κ3) is 2.14. The van der Waals surface area contributed by atoms with E-state index in [1.807, 2.05) is 0 Å². The molecule has 4 heteroatoms. The summed E-state index contributed by atoms with van der Waals surface area (Å²) in [6, 6.07) is 0. The lowest BCUT2D eigenvalue weighted by Gasteiger charge is -2.41. The molecule has 2 aliphatic rings. The van der Waals surface area contributed by atoms with Gasteiger partial charge in [0.2, 0.25) is 5.92 Å². The smallest absolute Gasteiger partial charge is 0.248 e. The monoisotopic (exact) mass is 237 g/mol. The van der Waals surface area contributed by atoms with Crippen molar-refractivity contribution >= 4 is 11.6 Å². The Labute approximate surface area is 94.8 Å². The minimum atomic E-state index is -2.39. The van der Waals surface area contributed by atoms with Crippen LogP contribution in [0.25, 0.3) is 0 Å². The van der Waals surface area contributed by atoms with Crippen LogP contribution in [0.3, 0.4) is 0 Å². The van der Waals surface area contributed by atoms with E-state index in [0.29, 0.717) is 0 Å². The maximum absolute atomic E-state index is 12.7. The summed E-state index contributed by atoms with van der Waals surface area (Å²) in [6.07, 6.45) is 1.09. The quantitative estimate of drug-likeness (QED) is 0.667. The van der Waals surface area contributed by atoms with Crippen molar-refractivity contribution in [1.82, 2.24) is 4.90 Å². The van der Waals surface area contributed by atoms with Crippen LogP contribution in [0.2, 0.25) is 0 Å². The van der Waals surface area contributed by atoms with Crippen LogP contribution in [-0.2, 0) is 0 Å². The molecule has 1 saturated carbocycles. The SMILES string of the molecule is CC1(C)C(Cl)CCN1CC1CC(F)(F)C1. The van der Waals surface area contributed by atoms with Crippen molar-refractivity contribution < 1.29 is 8.78 Å². The summed E-state index contributed by atoms with van der Waals surface area (Å²) in [4.78, 5) is 2.27. The van der Waals surface area contributed by atoms with Gasteiger partial charge < -0.3 is 0 Å². The van der Waals surface area contributed by atoms with Gasteiger partial charge in [-0.2, -0.15) is 0 Å². The van der Waals surface area contributed by atoms with E-state index in [1.54, 1.807) is 0 Å². The van der Waals surface area contributed by atoms with Crippen LogP contribution in [-0.4, -0.2) is 34.8 Å². The maximum atomic E-state index is 12.7. The summed E-state index contributed by atoms with van der Waals surface area (Å²) >= 11 is 6.21. The highest BCUT2D eigenvalue weighted by Crippen LogP contribution is 2.44. The van der Waals surface area contributed by atoms with Crippen LogP contribution in [0.15, 0.2) is 0 Å². The molecular formula is C11H18ClF2N. The highest BCUT2D eigenvalue weighted by molar-refractivity contribution is 6.21. The Bertz CT molecular complexity index is 247. The lowest BCUT2D eigenvalue weighted by Crippen LogP contribution is -2.49. The first kappa shape index (κ1) is 11.6. The van der Waals surface area contributed by atoms with Gasteiger partial charge in [-0.1, -0.05) is 0 Å². The molecule has 0 aromatic rings. The van der Waals surface area contributed by atoms with Crippen molar-refractivity contribution in [1.29, 1.82) is 0 Å². The topological polar surface area (TPSA) is 3.24 Å². The Morgan fingerprint density at radius 1 is 1.33 bits per heavy atom. The standard InChI is InChI=1S/C11H18ClF2N/c1-10(2)9(12)3-4-15(10)7-8-5-11(13,14)6-8/h8-9H,3-7H2,1-2H3. The van der Waals surface area contributed by atoms with Crippen molar-refractivity contribution in [3.8, 4) is 0 Å². The first-order valence-electron chi connectivity index (χ1n) is 5.58. The Hall–Kier alpha value is 0.110. The second-order valence-electron chi connectivity index (χ2n) is 5.49. The van der Waals surface area contributed by atoms with Gasteiger partial charge in [0.15, 0.2) is 0 Å². The maximum Gasteiger partial charge on any atom is 0.248 e. The fraction of sp³-hybridized carbons (Fsp3) is 1.00. The van der Waals surface area contributed by atoms with E-state index in [2.05, 4.69) is 18.7 Å². The summed E-state index contributed by atoms with van der Waals surface area (Å²) in [7, 11) is 0. The van der Waals surface area contributed by atoms with Gasteiger partial charge in [-0.05, 0) is 26.2 Å². The van der Waals surface area contributed by atoms with Crippen molar-refractivity contribution in [2.75, 3.05) is 13.1 Å². The van der Waals surface area contributed by atoms with Crippen LogP contribution < -0.4 is 0 Å². The minimum absolute atomic E-state index is 0.0353. The largest absolute Gasteiger partial charge is 0.296 e. The van der Waals surface area contributed by atoms with E-state index in [-0.39, 0.29) is 29.7 Å². The molecule has 15 heavy (non-hydrogen) atoms. The molecule has 0 aromatic heterocycles. The zero-order valence-electron chi connectivity index (χ0n) is 9.27. The second kappa shape index (κ2) is 3.56. The van der Waals surface area contributed by atoms with E-state index in [1.165, 1.54) is 0 Å². The molecule has 1 aliphatic carbocycles. The lowest BCUT2D eigenvalue weighted by atomic mass is 9.80. The number of alkyl halides is 3. The summed E-state index contributed by atoms with van der Waals surface area (Å²) < 4.78 is 25.4. The third-order valence-corrected chi connectivity index (χ3v) is 4.64. The summed E-state index contributed by atoms with van der Waals surface area (Å²) in [5, 5.41) is 0.151. The number of hydrogen-bond donors (Lipinski definition) is 0. The minimum Gasteiger partial charge on any atom is -0.296 e. The van der Waals surface area contributed by atoms with E-state index < -0.39 is 5.92 Å². The molecule has 0 aromatic carbocycles. The highest BCUT2D eigenvalue weighted by atomic mass is 35.5. The van der Waals surface area contributed by atoms with E-state index in [0.717, 1.165) is 19.5 Å². The van der Waals surface area contributed by atoms with Gasteiger partial charge >= 0.3 is 0 Å². The van der Waals surface area contributed by atoms with Gasteiger partial charge in [-0.15, -0.1) is 11.6 Å². The molecule has 0 bridgehead atoms. The zero-order valence-corrected chi connectivity index (χ0v) is 10.0. The fourth-order valence-corrected chi connectivity index (χ4v) is 2.90. The summed E-state index contributed by atoms with van der Waals surface area (Å²) in [5.74, 6) is -2.23. The number of rotatable bonds is 2. The highest BCUT2D eigenvalue weighted by Gasteiger charge is 2.48. The predicted molar refractivity (Wildman–Crippen MR) is 57.6 cm³/mol. The molecule has 2 fully saturated rings. The van der Waals surface area contributed by atoms with Crippen LogP contribution in [0.1, 0.15) is 33.1 Å². The molecule has 88 valence electrons. The van der Waals surface area contributed by atoms with Gasteiger partial charge in [0.1, 0.15) is 0 Å². The summed E-state index contributed by atoms with van der Waals surface area (Å²) in [6.45, 7) is 5.94. The molecule has 1 atom stereocenters. The Kier molecular flexibility index (Phi) is 2.75. The van der Waals surface area contributed by atoms with Crippen molar-refractivity contribution in [2.24, 2.45) is 5.92 Å². The molecule has 0 amide bonds. The van der Waals surface area contributed by atoms with Gasteiger partial charge in [0, 0.05) is 31.5 Å². The predicted octanol–water partition coefficient (Wildman–Crippen LogP) is 3.12. The van der Waals surface area contributed by atoms with Crippen molar-refractivity contribution in [3.05, 3.63) is 0 Å². The normalized spacial score (nSPS) is 35.4. The molecule has 1 heterocycles. The fourth-order valence-electron chi connectivity index (χ4n) is 2.66. The van der Waals surface area contributed by atoms with E-state index in [9.17, 15) is 8.78 Å². The number of nitrogens with zero attached hydrogens (tertiary/aromatic N) is 1.